The fourth-order valence-electron chi connectivity index (χ4n) is 3.18. The van der Waals surface area contributed by atoms with E-state index in [1.165, 1.54) is 5.69 Å². The van der Waals surface area contributed by atoms with Crippen LogP contribution in [0.25, 0.3) is 0 Å². The summed E-state index contributed by atoms with van der Waals surface area (Å²) in [6, 6.07) is 15.3. The van der Waals surface area contributed by atoms with Crippen LogP contribution in [0.5, 0.6) is 0 Å². The van der Waals surface area contributed by atoms with E-state index in [2.05, 4.69) is 63.4 Å². The van der Waals surface area contributed by atoms with Crippen LogP contribution in [0.1, 0.15) is 12.6 Å². The summed E-state index contributed by atoms with van der Waals surface area (Å²) in [7, 11) is 0. The lowest BCUT2D eigenvalue weighted by atomic mass is 10.2. The van der Waals surface area contributed by atoms with E-state index in [9.17, 15) is 0 Å². The highest BCUT2D eigenvalue weighted by Crippen LogP contribution is 2.16. The molecule has 0 bridgehead atoms. The molecule has 4 nitrogen and oxygen atoms in total. The fourth-order valence-corrected chi connectivity index (χ4v) is 3.18. The third-order valence-corrected chi connectivity index (χ3v) is 4.34. The van der Waals surface area contributed by atoms with Crippen molar-refractivity contribution >= 4 is 11.4 Å². The number of benzene rings is 1. The maximum Gasteiger partial charge on any atom is 0.0393 e. The molecule has 4 heteroatoms. The largest absolute Gasteiger partial charge is 0.381 e. The quantitative estimate of drug-likeness (QED) is 0.920. The van der Waals surface area contributed by atoms with E-state index >= 15 is 0 Å². The van der Waals surface area contributed by atoms with Crippen molar-refractivity contribution in [3.8, 4) is 0 Å². The Morgan fingerprint density at radius 3 is 2.52 bits per heavy atom. The SMILES string of the molecule is Cc1cc(NC(C)CN2CCN(c3ccccc3)CC2)ccn1. The molecule has 0 spiro atoms. The van der Waals surface area contributed by atoms with Gasteiger partial charge in [-0.1, -0.05) is 18.2 Å². The summed E-state index contributed by atoms with van der Waals surface area (Å²) < 4.78 is 0. The van der Waals surface area contributed by atoms with Gasteiger partial charge < -0.3 is 10.2 Å². The van der Waals surface area contributed by atoms with E-state index in [1.807, 2.05) is 19.2 Å². The maximum atomic E-state index is 4.24. The average Bonchev–Trinajstić information content (AvgIpc) is 2.56. The van der Waals surface area contributed by atoms with Gasteiger partial charge in [-0.05, 0) is 38.1 Å². The second kappa shape index (κ2) is 7.47. The molecule has 1 aliphatic rings. The third-order valence-electron chi connectivity index (χ3n) is 4.34. The molecule has 0 saturated carbocycles. The van der Waals surface area contributed by atoms with Crippen LogP contribution >= 0.6 is 0 Å². The van der Waals surface area contributed by atoms with Crippen molar-refractivity contribution in [1.82, 2.24) is 9.88 Å². The van der Waals surface area contributed by atoms with Crippen LogP contribution in [-0.2, 0) is 0 Å². The van der Waals surface area contributed by atoms with Gasteiger partial charge >= 0.3 is 0 Å². The third kappa shape index (κ3) is 4.45. The zero-order chi connectivity index (χ0) is 16.1. The summed E-state index contributed by atoms with van der Waals surface area (Å²) in [6.45, 7) is 9.80. The number of aromatic nitrogens is 1. The molecule has 1 atom stereocenters. The smallest absolute Gasteiger partial charge is 0.0393 e. The molecule has 23 heavy (non-hydrogen) atoms. The molecule has 1 saturated heterocycles. The normalized spacial score (nSPS) is 17.0. The summed E-state index contributed by atoms with van der Waals surface area (Å²) in [5, 5.41) is 3.58. The van der Waals surface area contributed by atoms with Gasteiger partial charge in [0.25, 0.3) is 0 Å². The molecule has 2 aromatic rings. The Balaban J connectivity index is 1.47. The van der Waals surface area contributed by atoms with Gasteiger partial charge in [-0.3, -0.25) is 9.88 Å². The lowest BCUT2D eigenvalue weighted by molar-refractivity contribution is 0.251. The predicted molar refractivity (Wildman–Crippen MR) is 97.2 cm³/mol. The van der Waals surface area contributed by atoms with Crippen molar-refractivity contribution < 1.29 is 0 Å². The van der Waals surface area contributed by atoms with Gasteiger partial charge in [0.1, 0.15) is 0 Å². The minimum atomic E-state index is 0.431. The van der Waals surface area contributed by atoms with Gasteiger partial charge in [-0.25, -0.2) is 0 Å². The molecule has 1 N–H and O–H groups in total. The van der Waals surface area contributed by atoms with Crippen LogP contribution in [-0.4, -0.2) is 48.6 Å². The molecule has 1 fully saturated rings. The molecule has 1 aromatic carbocycles. The van der Waals surface area contributed by atoms with Crippen LogP contribution in [0.2, 0.25) is 0 Å². The Kier molecular flexibility index (Phi) is 5.13. The fraction of sp³-hybridized carbons (Fsp3) is 0.421. The number of rotatable bonds is 5. The predicted octanol–water partition coefficient (Wildman–Crippen LogP) is 3.01. The second-order valence-corrected chi connectivity index (χ2v) is 6.35. The monoisotopic (exact) mass is 310 g/mol. The number of anilines is 2. The maximum absolute atomic E-state index is 4.24. The van der Waals surface area contributed by atoms with Gasteiger partial charge in [-0.2, -0.15) is 0 Å². The summed E-state index contributed by atoms with van der Waals surface area (Å²) in [5.74, 6) is 0. The van der Waals surface area contributed by atoms with Crippen molar-refractivity contribution in [2.75, 3.05) is 42.9 Å². The van der Waals surface area contributed by atoms with Gasteiger partial charge in [-0.15, -0.1) is 0 Å². The molecule has 1 aliphatic heterocycles. The summed E-state index contributed by atoms with van der Waals surface area (Å²) in [5.41, 5.74) is 3.55. The number of hydrogen-bond acceptors (Lipinski definition) is 4. The number of nitrogens with zero attached hydrogens (tertiary/aromatic N) is 3. The minimum Gasteiger partial charge on any atom is -0.381 e. The minimum absolute atomic E-state index is 0.431. The first-order valence-electron chi connectivity index (χ1n) is 8.42. The summed E-state index contributed by atoms with van der Waals surface area (Å²) in [4.78, 5) is 9.26. The number of nitrogens with one attached hydrogen (secondary N) is 1. The number of aryl methyl sites for hydroxylation is 1. The summed E-state index contributed by atoms with van der Waals surface area (Å²) >= 11 is 0. The first-order chi connectivity index (χ1) is 11.2. The van der Waals surface area contributed by atoms with Crippen LogP contribution in [0, 0.1) is 6.92 Å². The van der Waals surface area contributed by atoms with Crippen molar-refractivity contribution in [2.45, 2.75) is 19.9 Å². The van der Waals surface area contributed by atoms with Crippen LogP contribution in [0.15, 0.2) is 48.7 Å². The Bertz CT molecular complexity index is 606. The Labute approximate surface area is 139 Å². The van der Waals surface area contributed by atoms with E-state index in [1.54, 1.807) is 0 Å². The molecule has 2 heterocycles. The highest BCUT2D eigenvalue weighted by molar-refractivity contribution is 5.46. The topological polar surface area (TPSA) is 31.4 Å². The van der Waals surface area contributed by atoms with Crippen molar-refractivity contribution in [3.63, 3.8) is 0 Å². The first-order valence-corrected chi connectivity index (χ1v) is 8.42. The molecule has 122 valence electrons. The molecule has 0 aliphatic carbocycles. The summed E-state index contributed by atoms with van der Waals surface area (Å²) in [6.07, 6.45) is 1.86. The second-order valence-electron chi connectivity index (χ2n) is 6.35. The highest BCUT2D eigenvalue weighted by atomic mass is 15.3. The Morgan fingerprint density at radius 1 is 1.09 bits per heavy atom. The van der Waals surface area contributed by atoms with Crippen LogP contribution < -0.4 is 10.2 Å². The molecule has 1 aromatic heterocycles. The van der Waals surface area contributed by atoms with Crippen molar-refractivity contribution in [3.05, 3.63) is 54.4 Å². The van der Waals surface area contributed by atoms with E-state index in [0.717, 1.165) is 44.1 Å². The lowest BCUT2D eigenvalue weighted by Crippen LogP contribution is -2.49. The highest BCUT2D eigenvalue weighted by Gasteiger charge is 2.18. The van der Waals surface area contributed by atoms with Gasteiger partial charge in [0, 0.05) is 62.0 Å². The van der Waals surface area contributed by atoms with E-state index in [0.29, 0.717) is 6.04 Å². The number of para-hydroxylation sites is 1. The first kappa shape index (κ1) is 15.8. The van der Waals surface area contributed by atoms with Crippen LogP contribution in [0.3, 0.4) is 0 Å². The van der Waals surface area contributed by atoms with Gasteiger partial charge in [0.15, 0.2) is 0 Å². The number of piperazine rings is 1. The standard InChI is InChI=1S/C19H26N4/c1-16-14-18(8-9-20-16)21-17(2)15-22-10-12-23(13-11-22)19-6-4-3-5-7-19/h3-9,14,17H,10-13,15H2,1-2H3,(H,20,21). The molecule has 3 rings (SSSR count). The number of pyridine rings is 1. The zero-order valence-corrected chi connectivity index (χ0v) is 14.1. The van der Waals surface area contributed by atoms with Gasteiger partial charge in [0.2, 0.25) is 0 Å². The lowest BCUT2D eigenvalue weighted by Gasteiger charge is -2.37. The van der Waals surface area contributed by atoms with E-state index in [4.69, 9.17) is 0 Å². The van der Waals surface area contributed by atoms with E-state index in [-0.39, 0.29) is 0 Å². The molecule has 0 amide bonds. The number of hydrogen-bond donors (Lipinski definition) is 1. The van der Waals surface area contributed by atoms with Crippen molar-refractivity contribution in [2.24, 2.45) is 0 Å². The van der Waals surface area contributed by atoms with Crippen LogP contribution in [0.4, 0.5) is 11.4 Å². The van der Waals surface area contributed by atoms with E-state index < -0.39 is 0 Å². The van der Waals surface area contributed by atoms with Gasteiger partial charge in [0.05, 0.1) is 0 Å². The molecular weight excluding hydrogens is 284 g/mol. The Hall–Kier alpha value is -2.07. The zero-order valence-electron chi connectivity index (χ0n) is 14.1. The average molecular weight is 310 g/mol. The Morgan fingerprint density at radius 2 is 1.83 bits per heavy atom. The molecule has 0 radical (unpaired) electrons. The van der Waals surface area contributed by atoms with Crippen molar-refractivity contribution in [1.29, 1.82) is 0 Å². The molecular formula is C19H26N4. The molecule has 1 unspecified atom stereocenters.